The van der Waals surface area contributed by atoms with Crippen molar-refractivity contribution in [2.75, 3.05) is 13.2 Å². The van der Waals surface area contributed by atoms with Gasteiger partial charge in [0.25, 0.3) is 0 Å². The van der Waals surface area contributed by atoms with Crippen LogP contribution in [0, 0.1) is 17.6 Å². The van der Waals surface area contributed by atoms with Crippen LogP contribution in [0.2, 0.25) is 0 Å². The molecule has 0 bridgehead atoms. The zero-order valence-corrected chi connectivity index (χ0v) is 8.25. The van der Waals surface area contributed by atoms with Crippen molar-refractivity contribution in [3.63, 3.8) is 0 Å². The Bertz CT molecular complexity index is 356. The molecule has 82 valence electrons. The molecular weight excluding hydrogens is 200 g/mol. The smallest absolute Gasteiger partial charge is 0.164 e. The van der Waals surface area contributed by atoms with Crippen LogP contribution in [-0.4, -0.2) is 13.2 Å². The minimum absolute atomic E-state index is 0.0845. The summed E-state index contributed by atoms with van der Waals surface area (Å²) in [7, 11) is 0. The molecule has 0 saturated carbocycles. The maximum atomic E-state index is 13.5. The molecule has 2 rings (SSSR count). The zero-order chi connectivity index (χ0) is 10.8. The predicted octanol–water partition coefficient (Wildman–Crippen LogP) is 2.00. The first-order valence-electron chi connectivity index (χ1n) is 4.99. The number of hydrogen-bond acceptors (Lipinski definition) is 2. The third-order valence-electron chi connectivity index (χ3n) is 2.80. The monoisotopic (exact) mass is 213 g/mol. The lowest BCUT2D eigenvalue weighted by atomic mass is 9.95. The third-order valence-corrected chi connectivity index (χ3v) is 2.80. The topological polar surface area (TPSA) is 35.2 Å². The zero-order valence-electron chi connectivity index (χ0n) is 8.25. The molecule has 0 aliphatic carbocycles. The Labute approximate surface area is 87.0 Å². The first kappa shape index (κ1) is 10.5. The van der Waals surface area contributed by atoms with Gasteiger partial charge in [0.05, 0.1) is 6.10 Å². The molecule has 1 heterocycles. The molecule has 15 heavy (non-hydrogen) atoms. The summed E-state index contributed by atoms with van der Waals surface area (Å²) < 4.78 is 31.9. The van der Waals surface area contributed by atoms with Crippen LogP contribution in [0.5, 0.6) is 0 Å². The van der Waals surface area contributed by atoms with Crippen LogP contribution in [0.4, 0.5) is 8.78 Å². The highest BCUT2D eigenvalue weighted by molar-refractivity contribution is 5.22. The van der Waals surface area contributed by atoms with E-state index in [9.17, 15) is 8.78 Å². The second-order valence-electron chi connectivity index (χ2n) is 3.72. The molecule has 0 spiro atoms. The Balaban J connectivity index is 2.32. The molecule has 1 aliphatic heterocycles. The summed E-state index contributed by atoms with van der Waals surface area (Å²) in [5.74, 6) is -1.57. The van der Waals surface area contributed by atoms with E-state index >= 15 is 0 Å². The van der Waals surface area contributed by atoms with Gasteiger partial charge in [0.2, 0.25) is 0 Å². The fraction of sp³-hybridized carbons (Fsp3) is 0.455. The van der Waals surface area contributed by atoms with Crippen molar-refractivity contribution in [1.29, 1.82) is 0 Å². The largest absolute Gasteiger partial charge is 0.373 e. The predicted molar refractivity (Wildman–Crippen MR) is 52.2 cm³/mol. The van der Waals surface area contributed by atoms with E-state index in [0.717, 1.165) is 12.5 Å². The van der Waals surface area contributed by atoms with Crippen molar-refractivity contribution in [1.82, 2.24) is 0 Å². The standard InChI is InChI=1S/C11H13F2NO/c12-9-3-1-2-8(10(9)13)11-7(6-14)4-5-15-11/h1-3,7,11H,4-6,14H2. The average molecular weight is 213 g/mol. The molecule has 0 radical (unpaired) electrons. The van der Waals surface area contributed by atoms with Gasteiger partial charge < -0.3 is 10.5 Å². The van der Waals surface area contributed by atoms with Gasteiger partial charge in [-0.3, -0.25) is 0 Å². The second-order valence-corrected chi connectivity index (χ2v) is 3.72. The minimum atomic E-state index is -0.834. The summed E-state index contributed by atoms with van der Waals surface area (Å²) in [6, 6.07) is 4.14. The van der Waals surface area contributed by atoms with E-state index in [1.807, 2.05) is 0 Å². The lowest BCUT2D eigenvalue weighted by Gasteiger charge is -2.17. The van der Waals surface area contributed by atoms with Crippen LogP contribution >= 0.6 is 0 Å². The molecule has 4 heteroatoms. The molecule has 1 aromatic carbocycles. The van der Waals surface area contributed by atoms with Crippen LogP contribution in [0.25, 0.3) is 0 Å². The summed E-state index contributed by atoms with van der Waals surface area (Å²) in [6.45, 7) is 0.989. The fourth-order valence-corrected chi connectivity index (χ4v) is 1.96. The lowest BCUT2D eigenvalue weighted by molar-refractivity contribution is 0.0888. The molecule has 0 amide bonds. The first-order valence-corrected chi connectivity index (χ1v) is 4.99. The summed E-state index contributed by atoms with van der Waals surface area (Å²) in [6.07, 6.45) is 0.405. The molecule has 1 aromatic rings. The van der Waals surface area contributed by atoms with Crippen molar-refractivity contribution in [3.05, 3.63) is 35.4 Å². The number of nitrogens with two attached hydrogens (primary N) is 1. The Hall–Kier alpha value is -1.00. The van der Waals surface area contributed by atoms with Crippen molar-refractivity contribution in [3.8, 4) is 0 Å². The number of rotatable bonds is 2. The Kier molecular flexibility index (Phi) is 2.98. The van der Waals surface area contributed by atoms with E-state index < -0.39 is 17.7 Å². The number of benzene rings is 1. The highest BCUT2D eigenvalue weighted by Gasteiger charge is 2.31. The minimum Gasteiger partial charge on any atom is -0.373 e. The molecular formula is C11H13F2NO. The maximum Gasteiger partial charge on any atom is 0.164 e. The molecule has 1 saturated heterocycles. The Morgan fingerprint density at radius 2 is 2.20 bits per heavy atom. The van der Waals surface area contributed by atoms with Gasteiger partial charge >= 0.3 is 0 Å². The highest BCUT2D eigenvalue weighted by atomic mass is 19.2. The van der Waals surface area contributed by atoms with Crippen LogP contribution in [-0.2, 0) is 4.74 Å². The van der Waals surface area contributed by atoms with Gasteiger partial charge in [-0.1, -0.05) is 12.1 Å². The molecule has 2 N–H and O–H groups in total. The molecule has 1 fully saturated rings. The van der Waals surface area contributed by atoms with Gasteiger partial charge in [0, 0.05) is 18.1 Å². The Morgan fingerprint density at radius 1 is 1.40 bits per heavy atom. The SMILES string of the molecule is NCC1CCOC1c1cccc(F)c1F. The van der Waals surface area contributed by atoms with Gasteiger partial charge in [-0.2, -0.15) is 0 Å². The number of hydrogen-bond donors (Lipinski definition) is 1. The average Bonchev–Trinajstić information content (AvgIpc) is 2.70. The van der Waals surface area contributed by atoms with Gasteiger partial charge in [-0.05, 0) is 19.0 Å². The van der Waals surface area contributed by atoms with Crippen LogP contribution in [0.1, 0.15) is 18.1 Å². The maximum absolute atomic E-state index is 13.5. The normalized spacial score (nSPS) is 25.8. The van der Waals surface area contributed by atoms with Gasteiger partial charge in [-0.25, -0.2) is 8.78 Å². The molecule has 1 aliphatic rings. The summed E-state index contributed by atoms with van der Waals surface area (Å²) in [4.78, 5) is 0. The van der Waals surface area contributed by atoms with Crippen molar-refractivity contribution in [2.45, 2.75) is 12.5 Å². The Morgan fingerprint density at radius 3 is 2.93 bits per heavy atom. The molecule has 0 aromatic heterocycles. The van der Waals surface area contributed by atoms with Crippen molar-refractivity contribution in [2.24, 2.45) is 11.7 Å². The van der Waals surface area contributed by atoms with Crippen LogP contribution < -0.4 is 5.73 Å². The fourth-order valence-electron chi connectivity index (χ4n) is 1.96. The summed E-state index contributed by atoms with van der Waals surface area (Å²) >= 11 is 0. The summed E-state index contributed by atoms with van der Waals surface area (Å²) in [5, 5.41) is 0. The van der Waals surface area contributed by atoms with Crippen LogP contribution in [0.3, 0.4) is 0 Å². The van der Waals surface area contributed by atoms with Crippen molar-refractivity contribution >= 4 is 0 Å². The van der Waals surface area contributed by atoms with E-state index in [-0.39, 0.29) is 11.5 Å². The molecule has 2 unspecified atom stereocenters. The van der Waals surface area contributed by atoms with E-state index in [1.54, 1.807) is 6.07 Å². The number of ether oxygens (including phenoxy) is 1. The number of halogens is 2. The second kappa shape index (κ2) is 4.24. The van der Waals surface area contributed by atoms with E-state index in [0.29, 0.717) is 13.2 Å². The molecule has 2 nitrogen and oxygen atoms in total. The highest BCUT2D eigenvalue weighted by Crippen LogP contribution is 2.35. The van der Waals surface area contributed by atoms with E-state index in [4.69, 9.17) is 10.5 Å². The van der Waals surface area contributed by atoms with Gasteiger partial charge in [-0.15, -0.1) is 0 Å². The van der Waals surface area contributed by atoms with Crippen molar-refractivity contribution < 1.29 is 13.5 Å². The third kappa shape index (κ3) is 1.87. The lowest BCUT2D eigenvalue weighted by Crippen LogP contribution is -2.19. The molecule has 2 atom stereocenters. The quantitative estimate of drug-likeness (QED) is 0.815. The van der Waals surface area contributed by atoms with E-state index in [2.05, 4.69) is 0 Å². The summed E-state index contributed by atoms with van der Waals surface area (Å²) in [5.41, 5.74) is 5.83. The first-order chi connectivity index (χ1) is 7.24. The van der Waals surface area contributed by atoms with Gasteiger partial charge in [0.1, 0.15) is 0 Å². The van der Waals surface area contributed by atoms with Gasteiger partial charge in [0.15, 0.2) is 11.6 Å². The van der Waals surface area contributed by atoms with Crippen LogP contribution in [0.15, 0.2) is 18.2 Å². The van der Waals surface area contributed by atoms with E-state index in [1.165, 1.54) is 6.07 Å².